The summed E-state index contributed by atoms with van der Waals surface area (Å²) in [5, 5.41) is 3.20. The molecule has 0 saturated heterocycles. The molecule has 0 spiro atoms. The monoisotopic (exact) mass is 259 g/mol. The molecule has 0 unspecified atom stereocenters. The third-order valence-corrected chi connectivity index (χ3v) is 4.02. The van der Waals surface area contributed by atoms with Crippen LogP contribution in [-0.4, -0.2) is 11.9 Å². The molecule has 19 heavy (non-hydrogen) atoms. The van der Waals surface area contributed by atoms with Gasteiger partial charge in [0.2, 0.25) is 5.91 Å². The Kier molecular flexibility index (Phi) is 5.44. The van der Waals surface area contributed by atoms with E-state index in [1.54, 1.807) is 0 Å². The first kappa shape index (κ1) is 14.1. The molecule has 1 aliphatic rings. The fraction of sp³-hybridized carbons (Fsp3) is 0.588. The van der Waals surface area contributed by atoms with Gasteiger partial charge in [-0.15, -0.1) is 0 Å². The second-order valence-electron chi connectivity index (χ2n) is 5.60. The van der Waals surface area contributed by atoms with Crippen molar-refractivity contribution in [2.45, 2.75) is 64.3 Å². The summed E-state index contributed by atoms with van der Waals surface area (Å²) in [6.07, 6.45) is 9.04. The molecule has 1 fully saturated rings. The van der Waals surface area contributed by atoms with Crippen molar-refractivity contribution < 1.29 is 4.79 Å². The highest BCUT2D eigenvalue weighted by Gasteiger charge is 2.14. The van der Waals surface area contributed by atoms with Crippen LogP contribution in [0, 0.1) is 0 Å². The third kappa shape index (κ3) is 4.70. The quantitative estimate of drug-likeness (QED) is 0.822. The second kappa shape index (κ2) is 7.32. The Hall–Kier alpha value is -1.31. The smallest absolute Gasteiger partial charge is 0.224 e. The van der Waals surface area contributed by atoms with Gasteiger partial charge in [-0.2, -0.15) is 0 Å². The van der Waals surface area contributed by atoms with E-state index in [-0.39, 0.29) is 5.91 Å². The second-order valence-corrected chi connectivity index (χ2v) is 5.60. The van der Waals surface area contributed by atoms with Crippen molar-refractivity contribution in [3.05, 3.63) is 35.4 Å². The average Bonchev–Trinajstić information content (AvgIpc) is 2.68. The predicted octanol–water partition coefficient (Wildman–Crippen LogP) is 3.63. The summed E-state index contributed by atoms with van der Waals surface area (Å²) >= 11 is 0. The number of carbonyl (C=O) groups excluding carboxylic acids is 1. The van der Waals surface area contributed by atoms with Gasteiger partial charge in [0.05, 0.1) is 6.42 Å². The number of benzene rings is 1. The Morgan fingerprint density at radius 2 is 1.63 bits per heavy atom. The Bertz CT molecular complexity index is 388. The number of rotatable bonds is 4. The van der Waals surface area contributed by atoms with Crippen LogP contribution in [0.5, 0.6) is 0 Å². The van der Waals surface area contributed by atoms with Crippen molar-refractivity contribution in [1.29, 1.82) is 0 Å². The molecule has 0 radical (unpaired) electrons. The first-order valence-electron chi connectivity index (χ1n) is 7.65. The van der Waals surface area contributed by atoms with Crippen LogP contribution >= 0.6 is 0 Å². The first-order valence-corrected chi connectivity index (χ1v) is 7.65. The maximum absolute atomic E-state index is 12.0. The Labute approximate surface area is 116 Å². The van der Waals surface area contributed by atoms with E-state index in [2.05, 4.69) is 36.5 Å². The molecular formula is C17H25NO. The van der Waals surface area contributed by atoms with E-state index in [9.17, 15) is 4.79 Å². The lowest BCUT2D eigenvalue weighted by molar-refractivity contribution is -0.121. The maximum atomic E-state index is 12.0. The lowest BCUT2D eigenvalue weighted by atomic mass is 10.1. The minimum Gasteiger partial charge on any atom is -0.353 e. The first-order chi connectivity index (χ1) is 9.28. The summed E-state index contributed by atoms with van der Waals surface area (Å²) in [7, 11) is 0. The highest BCUT2D eigenvalue weighted by molar-refractivity contribution is 5.78. The van der Waals surface area contributed by atoms with E-state index < -0.39 is 0 Å². The molecule has 1 aromatic rings. The van der Waals surface area contributed by atoms with Crippen molar-refractivity contribution in [3.8, 4) is 0 Å². The normalized spacial score (nSPS) is 16.9. The fourth-order valence-corrected chi connectivity index (χ4v) is 2.78. The van der Waals surface area contributed by atoms with Crippen LogP contribution in [0.2, 0.25) is 0 Å². The molecule has 0 atom stereocenters. The lowest BCUT2D eigenvalue weighted by Gasteiger charge is -2.16. The van der Waals surface area contributed by atoms with E-state index in [4.69, 9.17) is 0 Å². The Morgan fingerprint density at radius 3 is 2.21 bits per heavy atom. The molecule has 0 aliphatic heterocycles. The minimum atomic E-state index is 0.177. The lowest BCUT2D eigenvalue weighted by Crippen LogP contribution is -2.35. The summed E-state index contributed by atoms with van der Waals surface area (Å²) in [4.78, 5) is 12.0. The highest BCUT2D eigenvalue weighted by Crippen LogP contribution is 2.17. The van der Waals surface area contributed by atoms with E-state index in [1.165, 1.54) is 31.2 Å². The number of hydrogen-bond acceptors (Lipinski definition) is 1. The van der Waals surface area contributed by atoms with Gasteiger partial charge < -0.3 is 5.32 Å². The molecule has 1 aliphatic carbocycles. The van der Waals surface area contributed by atoms with Crippen molar-refractivity contribution in [2.75, 3.05) is 0 Å². The molecule has 1 saturated carbocycles. The third-order valence-electron chi connectivity index (χ3n) is 4.02. The van der Waals surface area contributed by atoms with E-state index in [1.807, 2.05) is 0 Å². The van der Waals surface area contributed by atoms with Crippen LogP contribution in [-0.2, 0) is 17.6 Å². The Morgan fingerprint density at radius 1 is 1.05 bits per heavy atom. The van der Waals surface area contributed by atoms with Crippen molar-refractivity contribution in [2.24, 2.45) is 0 Å². The molecule has 2 rings (SSSR count). The molecule has 2 nitrogen and oxygen atoms in total. The standard InChI is InChI=1S/C17H25NO/c1-2-14-9-11-15(12-10-14)13-17(19)18-16-7-5-3-4-6-8-16/h9-12,16H,2-8,13H2,1H3,(H,18,19). The van der Waals surface area contributed by atoms with Gasteiger partial charge in [0, 0.05) is 6.04 Å². The molecule has 0 aromatic heterocycles. The van der Waals surface area contributed by atoms with Gasteiger partial charge >= 0.3 is 0 Å². The number of aryl methyl sites for hydroxylation is 1. The molecule has 1 N–H and O–H groups in total. The number of hydrogen-bond donors (Lipinski definition) is 1. The van der Waals surface area contributed by atoms with Gasteiger partial charge in [-0.3, -0.25) is 4.79 Å². The summed E-state index contributed by atoms with van der Waals surface area (Å²) in [6.45, 7) is 2.15. The van der Waals surface area contributed by atoms with Gasteiger partial charge in [0.15, 0.2) is 0 Å². The van der Waals surface area contributed by atoms with Crippen molar-refractivity contribution in [3.63, 3.8) is 0 Å². The summed E-state index contributed by atoms with van der Waals surface area (Å²) < 4.78 is 0. The summed E-state index contributed by atoms with van der Waals surface area (Å²) in [6, 6.07) is 8.80. The van der Waals surface area contributed by atoms with Crippen molar-refractivity contribution in [1.82, 2.24) is 5.32 Å². The van der Waals surface area contributed by atoms with E-state index in [0.717, 1.165) is 24.8 Å². The summed E-state index contributed by atoms with van der Waals surface area (Å²) in [5.74, 6) is 0.177. The van der Waals surface area contributed by atoms with Gasteiger partial charge in [-0.05, 0) is 30.4 Å². The van der Waals surface area contributed by atoms with E-state index in [0.29, 0.717) is 12.5 Å². The average molecular weight is 259 g/mol. The van der Waals surface area contributed by atoms with Crippen LogP contribution in [0.15, 0.2) is 24.3 Å². The fourth-order valence-electron chi connectivity index (χ4n) is 2.78. The number of carbonyl (C=O) groups is 1. The van der Waals surface area contributed by atoms with Gasteiger partial charge in [0.25, 0.3) is 0 Å². The summed E-state index contributed by atoms with van der Waals surface area (Å²) in [5.41, 5.74) is 2.44. The SMILES string of the molecule is CCc1ccc(CC(=O)NC2CCCCCC2)cc1. The molecule has 2 heteroatoms. The predicted molar refractivity (Wildman–Crippen MR) is 79.2 cm³/mol. The van der Waals surface area contributed by atoms with Gasteiger partial charge in [0.1, 0.15) is 0 Å². The van der Waals surface area contributed by atoms with Crippen LogP contribution in [0.4, 0.5) is 0 Å². The van der Waals surface area contributed by atoms with Crippen LogP contribution < -0.4 is 5.32 Å². The molecule has 0 heterocycles. The number of amides is 1. The van der Waals surface area contributed by atoms with Crippen molar-refractivity contribution >= 4 is 5.91 Å². The number of nitrogens with one attached hydrogen (secondary N) is 1. The zero-order chi connectivity index (χ0) is 13.5. The maximum Gasteiger partial charge on any atom is 0.224 e. The highest BCUT2D eigenvalue weighted by atomic mass is 16.1. The topological polar surface area (TPSA) is 29.1 Å². The largest absolute Gasteiger partial charge is 0.353 e. The molecule has 0 bridgehead atoms. The van der Waals surface area contributed by atoms with Crippen LogP contribution in [0.25, 0.3) is 0 Å². The Balaban J connectivity index is 1.82. The zero-order valence-electron chi connectivity index (χ0n) is 12.0. The zero-order valence-corrected chi connectivity index (χ0v) is 12.0. The molecular weight excluding hydrogens is 234 g/mol. The molecule has 1 amide bonds. The minimum absolute atomic E-state index is 0.177. The van der Waals surface area contributed by atoms with Gasteiger partial charge in [-0.25, -0.2) is 0 Å². The van der Waals surface area contributed by atoms with Crippen LogP contribution in [0.3, 0.4) is 0 Å². The van der Waals surface area contributed by atoms with Crippen LogP contribution in [0.1, 0.15) is 56.6 Å². The van der Waals surface area contributed by atoms with E-state index >= 15 is 0 Å². The molecule has 104 valence electrons. The molecule has 1 aromatic carbocycles. The van der Waals surface area contributed by atoms with Gasteiger partial charge in [-0.1, -0.05) is 56.9 Å².